The van der Waals surface area contributed by atoms with E-state index in [0.29, 0.717) is 0 Å². The van der Waals surface area contributed by atoms with E-state index in [2.05, 4.69) is 56.9 Å². The lowest BCUT2D eigenvalue weighted by molar-refractivity contribution is 0.240. The monoisotopic (exact) mass is 217 g/mol. The first-order valence-electron chi connectivity index (χ1n) is 6.39. The third kappa shape index (κ3) is 2.23. The number of piperidine rings is 1. The van der Waals surface area contributed by atoms with Gasteiger partial charge in [-0.15, -0.1) is 0 Å². The number of hydrogen-bond acceptors (Lipinski definition) is 1. The van der Waals surface area contributed by atoms with Crippen LogP contribution in [0.25, 0.3) is 0 Å². The first-order valence-corrected chi connectivity index (χ1v) is 6.39. The second kappa shape index (κ2) is 4.48. The molecular weight excluding hydrogens is 194 g/mol. The SMILES string of the molecule is Cc1ccc(N2C[C@@H](C)C(C)[C@@H](C)C2)cc1. The predicted molar refractivity (Wildman–Crippen MR) is 70.9 cm³/mol. The minimum absolute atomic E-state index is 0.796. The molecule has 1 nitrogen and oxygen atoms in total. The molecule has 0 amide bonds. The summed E-state index contributed by atoms with van der Waals surface area (Å²) in [6.07, 6.45) is 0. The fraction of sp³-hybridized carbons (Fsp3) is 0.600. The highest BCUT2D eigenvalue weighted by Gasteiger charge is 2.28. The Hall–Kier alpha value is -0.980. The highest BCUT2D eigenvalue weighted by Crippen LogP contribution is 2.30. The van der Waals surface area contributed by atoms with Gasteiger partial charge in [0.2, 0.25) is 0 Å². The highest BCUT2D eigenvalue weighted by atomic mass is 15.1. The van der Waals surface area contributed by atoms with Gasteiger partial charge in [-0.1, -0.05) is 38.5 Å². The molecule has 1 aliphatic heterocycles. The summed E-state index contributed by atoms with van der Waals surface area (Å²) >= 11 is 0. The van der Waals surface area contributed by atoms with Crippen molar-refractivity contribution in [1.82, 2.24) is 0 Å². The summed E-state index contributed by atoms with van der Waals surface area (Å²) in [6, 6.07) is 8.93. The fourth-order valence-electron chi connectivity index (χ4n) is 2.63. The minimum atomic E-state index is 0.796. The molecule has 1 saturated heterocycles. The van der Waals surface area contributed by atoms with Gasteiger partial charge >= 0.3 is 0 Å². The third-order valence-electron chi connectivity index (χ3n) is 4.21. The van der Waals surface area contributed by atoms with E-state index in [1.54, 1.807) is 0 Å². The van der Waals surface area contributed by atoms with Crippen molar-refractivity contribution >= 4 is 5.69 Å². The van der Waals surface area contributed by atoms with E-state index >= 15 is 0 Å². The van der Waals surface area contributed by atoms with Gasteiger partial charge in [0.05, 0.1) is 0 Å². The predicted octanol–water partition coefficient (Wildman–Crippen LogP) is 3.72. The Kier molecular flexibility index (Phi) is 3.22. The summed E-state index contributed by atoms with van der Waals surface area (Å²) in [5, 5.41) is 0. The second-order valence-corrected chi connectivity index (χ2v) is 5.55. The lowest BCUT2D eigenvalue weighted by Gasteiger charge is -2.41. The summed E-state index contributed by atoms with van der Waals surface area (Å²) < 4.78 is 0. The topological polar surface area (TPSA) is 3.24 Å². The van der Waals surface area contributed by atoms with Crippen molar-refractivity contribution in [1.29, 1.82) is 0 Å². The summed E-state index contributed by atoms with van der Waals surface area (Å²) in [6.45, 7) is 11.7. The molecule has 0 radical (unpaired) electrons. The van der Waals surface area contributed by atoms with Gasteiger partial charge in [-0.05, 0) is 36.8 Å². The molecular formula is C15H23N. The number of rotatable bonds is 1. The van der Waals surface area contributed by atoms with Crippen molar-refractivity contribution in [2.24, 2.45) is 17.8 Å². The van der Waals surface area contributed by atoms with Crippen molar-refractivity contribution in [2.75, 3.05) is 18.0 Å². The molecule has 88 valence electrons. The average molecular weight is 217 g/mol. The van der Waals surface area contributed by atoms with Gasteiger partial charge in [0.1, 0.15) is 0 Å². The molecule has 2 rings (SSSR count). The molecule has 1 unspecified atom stereocenters. The summed E-state index contributed by atoms with van der Waals surface area (Å²) in [5.74, 6) is 2.44. The fourth-order valence-corrected chi connectivity index (χ4v) is 2.63. The third-order valence-corrected chi connectivity index (χ3v) is 4.21. The van der Waals surface area contributed by atoms with Gasteiger partial charge < -0.3 is 4.90 Å². The molecule has 1 aromatic rings. The van der Waals surface area contributed by atoms with Crippen LogP contribution in [0.3, 0.4) is 0 Å². The zero-order valence-corrected chi connectivity index (χ0v) is 10.9. The Morgan fingerprint density at radius 1 is 0.938 bits per heavy atom. The zero-order chi connectivity index (χ0) is 11.7. The maximum Gasteiger partial charge on any atom is 0.0366 e. The number of hydrogen-bond donors (Lipinski definition) is 0. The van der Waals surface area contributed by atoms with Crippen LogP contribution in [0.15, 0.2) is 24.3 Å². The molecule has 0 bridgehead atoms. The Bertz CT molecular complexity index is 329. The Morgan fingerprint density at radius 2 is 1.44 bits per heavy atom. The van der Waals surface area contributed by atoms with Crippen molar-refractivity contribution in [3.05, 3.63) is 29.8 Å². The molecule has 3 atom stereocenters. The van der Waals surface area contributed by atoms with Crippen LogP contribution in [0.2, 0.25) is 0 Å². The van der Waals surface area contributed by atoms with Gasteiger partial charge in [-0.25, -0.2) is 0 Å². The Morgan fingerprint density at radius 3 is 1.94 bits per heavy atom. The lowest BCUT2D eigenvalue weighted by Crippen LogP contribution is -2.43. The maximum atomic E-state index is 2.54. The molecule has 16 heavy (non-hydrogen) atoms. The van der Waals surface area contributed by atoms with Gasteiger partial charge in [0.15, 0.2) is 0 Å². The van der Waals surface area contributed by atoms with Crippen LogP contribution in [0.4, 0.5) is 5.69 Å². The van der Waals surface area contributed by atoms with E-state index in [1.165, 1.54) is 24.3 Å². The smallest absolute Gasteiger partial charge is 0.0366 e. The molecule has 0 aliphatic carbocycles. The molecule has 1 fully saturated rings. The Labute approximate surface area is 99.5 Å². The van der Waals surface area contributed by atoms with E-state index in [4.69, 9.17) is 0 Å². The highest BCUT2D eigenvalue weighted by molar-refractivity contribution is 5.48. The number of aryl methyl sites for hydroxylation is 1. The summed E-state index contributed by atoms with van der Waals surface area (Å²) in [5.41, 5.74) is 2.73. The van der Waals surface area contributed by atoms with E-state index in [9.17, 15) is 0 Å². The second-order valence-electron chi connectivity index (χ2n) is 5.55. The van der Waals surface area contributed by atoms with Crippen molar-refractivity contribution in [2.45, 2.75) is 27.7 Å². The van der Waals surface area contributed by atoms with Gasteiger partial charge in [0.25, 0.3) is 0 Å². The zero-order valence-electron chi connectivity index (χ0n) is 10.9. The quantitative estimate of drug-likeness (QED) is 0.693. The first kappa shape index (κ1) is 11.5. The van der Waals surface area contributed by atoms with Crippen LogP contribution in [0, 0.1) is 24.7 Å². The molecule has 0 aromatic heterocycles. The van der Waals surface area contributed by atoms with Crippen molar-refractivity contribution < 1.29 is 0 Å². The number of nitrogens with zero attached hydrogens (tertiary/aromatic N) is 1. The number of anilines is 1. The van der Waals surface area contributed by atoms with E-state index in [0.717, 1.165) is 17.8 Å². The van der Waals surface area contributed by atoms with Crippen molar-refractivity contribution in [3.8, 4) is 0 Å². The molecule has 0 spiro atoms. The van der Waals surface area contributed by atoms with Crippen LogP contribution in [0.5, 0.6) is 0 Å². The standard InChI is InChI=1S/C15H23N/c1-11-5-7-15(8-6-11)16-9-12(2)14(4)13(3)10-16/h5-8,12-14H,9-10H2,1-4H3/t12-,13+,14?. The van der Waals surface area contributed by atoms with Gasteiger partial charge in [-0.2, -0.15) is 0 Å². The van der Waals surface area contributed by atoms with E-state index in [1.807, 2.05) is 0 Å². The average Bonchev–Trinajstić information content (AvgIpc) is 2.26. The number of benzene rings is 1. The largest absolute Gasteiger partial charge is 0.371 e. The van der Waals surface area contributed by atoms with Crippen LogP contribution in [0.1, 0.15) is 26.3 Å². The van der Waals surface area contributed by atoms with Crippen molar-refractivity contribution in [3.63, 3.8) is 0 Å². The van der Waals surface area contributed by atoms with Crippen LogP contribution >= 0.6 is 0 Å². The van der Waals surface area contributed by atoms with E-state index < -0.39 is 0 Å². The van der Waals surface area contributed by atoms with Crippen LogP contribution in [-0.2, 0) is 0 Å². The summed E-state index contributed by atoms with van der Waals surface area (Å²) in [7, 11) is 0. The molecule has 0 N–H and O–H groups in total. The normalized spacial score (nSPS) is 30.5. The molecule has 1 heteroatoms. The van der Waals surface area contributed by atoms with E-state index in [-0.39, 0.29) is 0 Å². The Balaban J connectivity index is 2.13. The lowest BCUT2D eigenvalue weighted by atomic mass is 9.81. The maximum absolute atomic E-state index is 2.54. The first-order chi connectivity index (χ1) is 7.58. The summed E-state index contributed by atoms with van der Waals surface area (Å²) in [4.78, 5) is 2.54. The van der Waals surface area contributed by atoms with Gasteiger partial charge in [0, 0.05) is 18.8 Å². The van der Waals surface area contributed by atoms with Crippen LogP contribution in [-0.4, -0.2) is 13.1 Å². The minimum Gasteiger partial charge on any atom is -0.371 e. The molecule has 1 aliphatic rings. The van der Waals surface area contributed by atoms with Crippen LogP contribution < -0.4 is 4.90 Å². The molecule has 1 heterocycles. The van der Waals surface area contributed by atoms with Gasteiger partial charge in [-0.3, -0.25) is 0 Å². The molecule has 1 aromatic carbocycles. The molecule has 0 saturated carbocycles.